The molecule has 6 N–H and O–H groups in total. The highest BCUT2D eigenvalue weighted by molar-refractivity contribution is 5.73. The van der Waals surface area contributed by atoms with Gasteiger partial charge in [0.1, 0.15) is 6.10 Å². The smallest absolute Gasteiger partial charge is 0.311 e. The molecule has 0 aromatic carbocycles. The molecule has 0 bridgehead atoms. The summed E-state index contributed by atoms with van der Waals surface area (Å²) in [5.74, 6) is -1.83. The number of aliphatic hydroxyl groups excluding tert-OH is 6. The molecule has 1 heterocycles. The van der Waals surface area contributed by atoms with E-state index in [1.54, 1.807) is 32.1 Å². The molecule has 0 saturated carbocycles. The first kappa shape index (κ1) is 37.0. The predicted molar refractivity (Wildman–Crippen MR) is 162 cm³/mol. The minimum Gasteiger partial charge on any atom is -0.461 e. The minimum atomic E-state index is -1.08. The first-order valence-corrected chi connectivity index (χ1v) is 15.0. The largest absolute Gasteiger partial charge is 0.461 e. The molecule has 10 unspecified atom stereocenters. The maximum absolute atomic E-state index is 12.8. The van der Waals surface area contributed by atoms with Crippen LogP contribution in [0.2, 0.25) is 0 Å². The predicted octanol–water partition coefficient (Wildman–Crippen LogP) is 3.76. The van der Waals surface area contributed by atoms with Gasteiger partial charge in [0.15, 0.2) is 0 Å². The third kappa shape index (κ3) is 15.1. The molecule has 0 radical (unpaired) electrons. The molecule has 0 saturated heterocycles. The van der Waals surface area contributed by atoms with Gasteiger partial charge in [-0.25, -0.2) is 0 Å². The maximum Gasteiger partial charge on any atom is 0.311 e. The Morgan fingerprint density at radius 2 is 1.17 bits per heavy atom. The Bertz CT molecular complexity index is 876. The van der Waals surface area contributed by atoms with Crippen LogP contribution in [0.3, 0.4) is 0 Å². The van der Waals surface area contributed by atoms with Crippen LogP contribution in [0.1, 0.15) is 73.1 Å². The lowest BCUT2D eigenvalue weighted by molar-refractivity contribution is -0.162. The van der Waals surface area contributed by atoms with Gasteiger partial charge < -0.3 is 35.4 Å². The van der Waals surface area contributed by atoms with Crippen molar-refractivity contribution in [3.05, 3.63) is 60.8 Å². The van der Waals surface area contributed by atoms with Crippen molar-refractivity contribution in [1.82, 2.24) is 0 Å². The Kier molecular flexibility index (Phi) is 18.0. The van der Waals surface area contributed by atoms with Gasteiger partial charge in [-0.05, 0) is 44.9 Å². The lowest BCUT2D eigenvalue weighted by Gasteiger charge is -2.28. The van der Waals surface area contributed by atoms with E-state index in [1.165, 1.54) is 0 Å². The number of allylic oxidation sites excluding steroid dienone is 8. The molecule has 0 aliphatic carbocycles. The van der Waals surface area contributed by atoms with Crippen molar-refractivity contribution in [2.75, 3.05) is 0 Å². The van der Waals surface area contributed by atoms with Crippen LogP contribution in [0.25, 0.3) is 0 Å². The van der Waals surface area contributed by atoms with Crippen molar-refractivity contribution in [3.8, 4) is 0 Å². The number of rotatable bonds is 1. The topological polar surface area (TPSA) is 148 Å². The van der Waals surface area contributed by atoms with E-state index >= 15 is 0 Å². The van der Waals surface area contributed by atoms with Gasteiger partial charge in [-0.2, -0.15) is 0 Å². The molecule has 8 heteroatoms. The van der Waals surface area contributed by atoms with Crippen molar-refractivity contribution in [2.45, 2.75) is 116 Å². The van der Waals surface area contributed by atoms with Crippen molar-refractivity contribution in [1.29, 1.82) is 0 Å². The zero-order valence-electron chi connectivity index (χ0n) is 25.4. The molecule has 0 aromatic heterocycles. The zero-order chi connectivity index (χ0) is 30.9. The van der Waals surface area contributed by atoms with Crippen LogP contribution >= 0.6 is 0 Å². The number of hydrogen-bond donors (Lipinski definition) is 6. The second-order valence-electron chi connectivity index (χ2n) is 11.8. The van der Waals surface area contributed by atoms with Crippen LogP contribution in [0, 0.1) is 23.7 Å². The molecule has 0 amide bonds. The summed E-state index contributed by atoms with van der Waals surface area (Å²) < 4.78 is 5.79. The molecule has 0 aromatic rings. The van der Waals surface area contributed by atoms with Crippen LogP contribution in [-0.4, -0.2) is 79.3 Å². The number of aliphatic hydroxyl groups is 6. The molecule has 1 aliphatic heterocycles. The summed E-state index contributed by atoms with van der Waals surface area (Å²) in [6, 6.07) is 0. The standard InChI is InChI=1S/C33H54O8/c1-22(2)32-23(3)15-12-10-8-6-7-9-11-13-18-29(37)24(4)30(38)21-28(36)19-26(34)16-14-17-27(35)20-31(39)25(5)33(40)41-32/h6-13,15,18,22-32,34-39H,14,16-17,19-21H2,1-5H3. The van der Waals surface area contributed by atoms with Crippen LogP contribution in [0.4, 0.5) is 0 Å². The fraction of sp³-hybridized carbons (Fsp3) is 0.667. The summed E-state index contributed by atoms with van der Waals surface area (Å²) in [6.07, 6.45) is 13.4. The maximum atomic E-state index is 12.8. The van der Waals surface area contributed by atoms with Gasteiger partial charge in [0.05, 0.1) is 42.5 Å². The van der Waals surface area contributed by atoms with E-state index in [0.29, 0.717) is 19.3 Å². The summed E-state index contributed by atoms with van der Waals surface area (Å²) in [5, 5.41) is 62.5. The second kappa shape index (κ2) is 19.9. The first-order valence-electron chi connectivity index (χ1n) is 15.0. The molecule has 1 rings (SSSR count). The molecular formula is C33H54O8. The summed E-state index contributed by atoms with van der Waals surface area (Å²) in [5.41, 5.74) is 0. The second-order valence-corrected chi connectivity index (χ2v) is 11.8. The zero-order valence-corrected chi connectivity index (χ0v) is 25.4. The third-order valence-electron chi connectivity index (χ3n) is 7.67. The van der Waals surface area contributed by atoms with Crippen molar-refractivity contribution in [2.24, 2.45) is 23.7 Å². The lowest BCUT2D eigenvalue weighted by atomic mass is 9.91. The van der Waals surface area contributed by atoms with Gasteiger partial charge in [0, 0.05) is 18.3 Å². The number of cyclic esters (lactones) is 1. The summed E-state index contributed by atoms with van der Waals surface area (Å²) in [7, 11) is 0. The minimum absolute atomic E-state index is 0.00510. The fourth-order valence-corrected chi connectivity index (χ4v) is 4.78. The third-order valence-corrected chi connectivity index (χ3v) is 7.67. The summed E-state index contributed by atoms with van der Waals surface area (Å²) in [6.45, 7) is 9.22. The van der Waals surface area contributed by atoms with Crippen molar-refractivity contribution >= 4 is 5.97 Å². The number of esters is 1. The molecule has 0 fully saturated rings. The molecule has 1 aliphatic rings. The van der Waals surface area contributed by atoms with E-state index in [1.807, 2.05) is 63.3 Å². The van der Waals surface area contributed by atoms with Crippen LogP contribution in [-0.2, 0) is 9.53 Å². The first-order chi connectivity index (χ1) is 19.3. The number of ether oxygens (including phenoxy) is 1. The van der Waals surface area contributed by atoms with E-state index in [2.05, 4.69) is 0 Å². The SMILES string of the molecule is CC(C)C1OC(=O)C(C)C(O)CC(O)CCCC(O)CC(O)CC(O)C(C)C(O)C=CC=CC=CC=CC=CC1C. The highest BCUT2D eigenvalue weighted by Crippen LogP contribution is 2.23. The van der Waals surface area contributed by atoms with Gasteiger partial charge in [-0.15, -0.1) is 0 Å². The Labute approximate surface area is 246 Å². The van der Waals surface area contributed by atoms with E-state index in [9.17, 15) is 35.4 Å². The average molecular weight is 579 g/mol. The lowest BCUT2D eigenvalue weighted by Crippen LogP contribution is -2.36. The summed E-state index contributed by atoms with van der Waals surface area (Å²) in [4.78, 5) is 12.8. The highest BCUT2D eigenvalue weighted by Gasteiger charge is 2.30. The molecule has 41 heavy (non-hydrogen) atoms. The Balaban J connectivity index is 2.99. The highest BCUT2D eigenvalue weighted by atomic mass is 16.5. The van der Waals surface area contributed by atoms with Gasteiger partial charge in [-0.1, -0.05) is 88.5 Å². The Hall–Kier alpha value is -2.07. The molecule has 234 valence electrons. The number of carbonyl (C=O) groups is 1. The Morgan fingerprint density at radius 3 is 1.73 bits per heavy atom. The van der Waals surface area contributed by atoms with E-state index in [4.69, 9.17) is 4.74 Å². The van der Waals surface area contributed by atoms with E-state index in [-0.39, 0.29) is 37.2 Å². The normalized spacial score (nSPS) is 36.5. The van der Waals surface area contributed by atoms with Crippen LogP contribution in [0.15, 0.2) is 60.8 Å². The van der Waals surface area contributed by atoms with Crippen LogP contribution in [0.5, 0.6) is 0 Å². The van der Waals surface area contributed by atoms with Crippen molar-refractivity contribution < 1.29 is 40.2 Å². The summed E-state index contributed by atoms with van der Waals surface area (Å²) >= 11 is 0. The van der Waals surface area contributed by atoms with Crippen molar-refractivity contribution in [3.63, 3.8) is 0 Å². The van der Waals surface area contributed by atoms with Crippen LogP contribution < -0.4 is 0 Å². The fourth-order valence-electron chi connectivity index (χ4n) is 4.78. The molecule has 8 nitrogen and oxygen atoms in total. The monoisotopic (exact) mass is 578 g/mol. The van der Waals surface area contributed by atoms with Gasteiger partial charge in [0.25, 0.3) is 0 Å². The van der Waals surface area contributed by atoms with Gasteiger partial charge >= 0.3 is 5.97 Å². The van der Waals surface area contributed by atoms with E-state index in [0.717, 1.165) is 0 Å². The quantitative estimate of drug-likeness (QED) is 0.258. The number of carbonyl (C=O) groups excluding carboxylic acids is 1. The molecular weight excluding hydrogens is 524 g/mol. The molecule has 10 atom stereocenters. The number of hydrogen-bond acceptors (Lipinski definition) is 8. The average Bonchev–Trinajstić information content (AvgIpc) is 2.90. The van der Waals surface area contributed by atoms with Gasteiger partial charge in [-0.3, -0.25) is 4.79 Å². The van der Waals surface area contributed by atoms with Gasteiger partial charge in [0.2, 0.25) is 0 Å². The molecule has 0 spiro atoms. The Morgan fingerprint density at radius 1 is 0.683 bits per heavy atom. The van der Waals surface area contributed by atoms with E-state index < -0.39 is 54.4 Å².